The highest BCUT2D eigenvalue weighted by Crippen LogP contribution is 2.25. The third-order valence-corrected chi connectivity index (χ3v) is 2.89. The van der Waals surface area contributed by atoms with Gasteiger partial charge in [-0.1, -0.05) is 33.1 Å². The summed E-state index contributed by atoms with van der Waals surface area (Å²) in [6.45, 7) is 4.52. The highest BCUT2D eigenvalue weighted by atomic mass is 19.1. The van der Waals surface area contributed by atoms with Crippen molar-refractivity contribution in [3.8, 4) is 5.75 Å². The molecule has 1 nitrogen and oxygen atoms in total. The molecule has 0 aliphatic heterocycles. The molecule has 3 heteroatoms. The molecule has 1 aromatic rings. The van der Waals surface area contributed by atoms with Crippen molar-refractivity contribution in [1.82, 2.24) is 0 Å². The van der Waals surface area contributed by atoms with Crippen molar-refractivity contribution in [2.75, 3.05) is 6.61 Å². The Morgan fingerprint density at radius 1 is 1.00 bits per heavy atom. The summed E-state index contributed by atoms with van der Waals surface area (Å²) in [5.74, 6) is -0.823. The summed E-state index contributed by atoms with van der Waals surface area (Å²) < 4.78 is 32.8. The molecule has 0 radical (unpaired) electrons. The van der Waals surface area contributed by atoms with Crippen molar-refractivity contribution >= 4 is 0 Å². The van der Waals surface area contributed by atoms with E-state index in [1.807, 2.05) is 6.92 Å². The fraction of sp³-hybridized carbons (Fsp3) is 0.600. The number of halogens is 2. The van der Waals surface area contributed by atoms with Crippen LogP contribution in [-0.4, -0.2) is 6.61 Å². The van der Waals surface area contributed by atoms with E-state index in [0.29, 0.717) is 13.0 Å². The van der Waals surface area contributed by atoms with E-state index in [2.05, 4.69) is 6.92 Å². The normalized spacial score (nSPS) is 10.7. The first-order valence-electron chi connectivity index (χ1n) is 6.80. The van der Waals surface area contributed by atoms with E-state index in [1.165, 1.54) is 12.1 Å². The molecule has 0 aromatic heterocycles. The van der Waals surface area contributed by atoms with Gasteiger partial charge in [-0.2, -0.15) is 0 Å². The van der Waals surface area contributed by atoms with Crippen LogP contribution in [0.25, 0.3) is 0 Å². The predicted octanol–water partition coefficient (Wildman–Crippen LogP) is 4.88. The highest BCUT2D eigenvalue weighted by molar-refractivity contribution is 5.32. The standard InChI is InChI=1S/C15H22F2O/c1-3-5-6-7-8-12-13(16)9-10-14(15(12)17)18-11-4-2/h9-10H,3-8,11H2,1-2H3. The fourth-order valence-electron chi connectivity index (χ4n) is 1.86. The van der Waals surface area contributed by atoms with Gasteiger partial charge < -0.3 is 4.74 Å². The van der Waals surface area contributed by atoms with Crippen LogP contribution in [0.3, 0.4) is 0 Å². The molecule has 0 spiro atoms. The largest absolute Gasteiger partial charge is 0.491 e. The fourth-order valence-corrected chi connectivity index (χ4v) is 1.86. The van der Waals surface area contributed by atoms with Crippen LogP contribution in [0.15, 0.2) is 12.1 Å². The highest BCUT2D eigenvalue weighted by Gasteiger charge is 2.14. The van der Waals surface area contributed by atoms with Crippen molar-refractivity contribution in [2.24, 2.45) is 0 Å². The first-order valence-corrected chi connectivity index (χ1v) is 6.80. The molecular formula is C15H22F2O. The maximum atomic E-state index is 14.0. The summed E-state index contributed by atoms with van der Waals surface area (Å²) in [7, 11) is 0. The smallest absolute Gasteiger partial charge is 0.171 e. The van der Waals surface area contributed by atoms with Gasteiger partial charge in [-0.15, -0.1) is 0 Å². The Balaban J connectivity index is 2.69. The van der Waals surface area contributed by atoms with E-state index in [-0.39, 0.29) is 11.3 Å². The van der Waals surface area contributed by atoms with Crippen LogP contribution in [0.2, 0.25) is 0 Å². The van der Waals surface area contributed by atoms with Crippen LogP contribution in [0.5, 0.6) is 5.75 Å². The quantitative estimate of drug-likeness (QED) is 0.602. The second-order valence-electron chi connectivity index (χ2n) is 4.50. The average Bonchev–Trinajstić information content (AvgIpc) is 2.37. The van der Waals surface area contributed by atoms with E-state index >= 15 is 0 Å². The third-order valence-electron chi connectivity index (χ3n) is 2.89. The maximum Gasteiger partial charge on any atom is 0.171 e. The lowest BCUT2D eigenvalue weighted by atomic mass is 10.0. The van der Waals surface area contributed by atoms with Crippen LogP contribution in [0, 0.1) is 11.6 Å². The van der Waals surface area contributed by atoms with E-state index in [9.17, 15) is 8.78 Å². The predicted molar refractivity (Wildman–Crippen MR) is 70.0 cm³/mol. The number of benzene rings is 1. The van der Waals surface area contributed by atoms with Crippen molar-refractivity contribution in [3.05, 3.63) is 29.3 Å². The molecule has 0 N–H and O–H groups in total. The Morgan fingerprint density at radius 3 is 2.44 bits per heavy atom. The van der Waals surface area contributed by atoms with Gasteiger partial charge in [-0.25, -0.2) is 8.78 Å². The van der Waals surface area contributed by atoms with Gasteiger partial charge in [0.05, 0.1) is 6.61 Å². The summed E-state index contributed by atoms with van der Waals surface area (Å²) in [4.78, 5) is 0. The minimum atomic E-state index is -0.528. The second-order valence-corrected chi connectivity index (χ2v) is 4.50. The lowest BCUT2D eigenvalue weighted by Gasteiger charge is -2.10. The number of unbranched alkanes of at least 4 members (excludes halogenated alkanes) is 3. The monoisotopic (exact) mass is 256 g/mol. The summed E-state index contributed by atoms with van der Waals surface area (Å²) in [5.41, 5.74) is 0.166. The molecule has 0 amide bonds. The van der Waals surface area contributed by atoms with Crippen LogP contribution in [-0.2, 0) is 6.42 Å². The molecule has 0 saturated carbocycles. The Hall–Kier alpha value is -1.12. The number of hydrogen-bond donors (Lipinski definition) is 0. The van der Waals surface area contributed by atoms with Crippen LogP contribution >= 0.6 is 0 Å². The van der Waals surface area contributed by atoms with Gasteiger partial charge in [-0.3, -0.25) is 0 Å². The molecule has 102 valence electrons. The summed E-state index contributed by atoms with van der Waals surface area (Å²) >= 11 is 0. The SMILES string of the molecule is CCCCCCc1c(F)ccc(OCCC)c1F. The van der Waals surface area contributed by atoms with Gasteiger partial charge in [0, 0.05) is 5.56 Å². The minimum Gasteiger partial charge on any atom is -0.491 e. The van der Waals surface area contributed by atoms with Gasteiger partial charge in [0.1, 0.15) is 5.82 Å². The molecule has 0 atom stereocenters. The van der Waals surface area contributed by atoms with Crippen LogP contribution < -0.4 is 4.74 Å². The van der Waals surface area contributed by atoms with E-state index in [0.717, 1.165) is 32.1 Å². The summed E-state index contributed by atoms with van der Waals surface area (Å²) in [6.07, 6.45) is 5.30. The molecule has 0 fully saturated rings. The Labute approximate surface area is 108 Å². The Morgan fingerprint density at radius 2 is 1.78 bits per heavy atom. The molecule has 0 aliphatic rings. The average molecular weight is 256 g/mol. The molecule has 0 aliphatic carbocycles. The maximum absolute atomic E-state index is 14.0. The zero-order valence-corrected chi connectivity index (χ0v) is 11.3. The first kappa shape index (κ1) is 14.9. The third kappa shape index (κ3) is 4.28. The van der Waals surface area contributed by atoms with Crippen molar-refractivity contribution in [1.29, 1.82) is 0 Å². The van der Waals surface area contributed by atoms with Gasteiger partial charge in [0.25, 0.3) is 0 Å². The Bertz CT molecular complexity index is 364. The topological polar surface area (TPSA) is 9.23 Å². The molecule has 0 heterocycles. The lowest BCUT2D eigenvalue weighted by Crippen LogP contribution is -2.02. The number of rotatable bonds is 8. The first-order chi connectivity index (χ1) is 8.70. The molecule has 0 unspecified atom stereocenters. The van der Waals surface area contributed by atoms with Gasteiger partial charge >= 0.3 is 0 Å². The number of hydrogen-bond acceptors (Lipinski definition) is 1. The van der Waals surface area contributed by atoms with Gasteiger partial charge in [0.2, 0.25) is 0 Å². The zero-order valence-electron chi connectivity index (χ0n) is 11.3. The Kier molecular flexibility index (Phi) is 6.69. The molecule has 18 heavy (non-hydrogen) atoms. The van der Waals surface area contributed by atoms with Crippen LogP contribution in [0.1, 0.15) is 51.5 Å². The summed E-state index contributed by atoms with van der Waals surface area (Å²) in [5, 5.41) is 0. The van der Waals surface area contributed by atoms with Gasteiger partial charge in [-0.05, 0) is 31.4 Å². The van der Waals surface area contributed by atoms with E-state index in [1.54, 1.807) is 0 Å². The van der Waals surface area contributed by atoms with Crippen molar-refractivity contribution in [3.63, 3.8) is 0 Å². The molecule has 1 aromatic carbocycles. The molecule has 1 rings (SSSR count). The molecule has 0 saturated heterocycles. The minimum absolute atomic E-state index is 0.166. The lowest BCUT2D eigenvalue weighted by molar-refractivity contribution is 0.298. The van der Waals surface area contributed by atoms with Crippen molar-refractivity contribution in [2.45, 2.75) is 52.4 Å². The molecule has 0 bridgehead atoms. The van der Waals surface area contributed by atoms with Crippen LogP contribution in [0.4, 0.5) is 8.78 Å². The number of ether oxygens (including phenoxy) is 1. The zero-order chi connectivity index (χ0) is 13.4. The second kappa shape index (κ2) is 8.06. The summed E-state index contributed by atoms with van der Waals surface area (Å²) in [6, 6.07) is 2.67. The van der Waals surface area contributed by atoms with E-state index in [4.69, 9.17) is 4.74 Å². The van der Waals surface area contributed by atoms with Gasteiger partial charge in [0.15, 0.2) is 11.6 Å². The molecular weight excluding hydrogens is 234 g/mol. The van der Waals surface area contributed by atoms with Crippen molar-refractivity contribution < 1.29 is 13.5 Å². The van der Waals surface area contributed by atoms with E-state index < -0.39 is 11.6 Å².